The highest BCUT2D eigenvalue weighted by molar-refractivity contribution is 7.99. The van der Waals surface area contributed by atoms with E-state index in [2.05, 4.69) is 4.98 Å². The van der Waals surface area contributed by atoms with Gasteiger partial charge >= 0.3 is 6.03 Å². The Balaban J connectivity index is 1.91. The number of rotatable bonds is 5. The van der Waals surface area contributed by atoms with Crippen molar-refractivity contribution in [3.63, 3.8) is 0 Å². The molecule has 3 rings (SSSR count). The van der Waals surface area contributed by atoms with Crippen LogP contribution in [-0.2, 0) is 11.3 Å². The van der Waals surface area contributed by atoms with E-state index in [0.29, 0.717) is 16.7 Å². The van der Waals surface area contributed by atoms with Crippen LogP contribution in [0.3, 0.4) is 0 Å². The molecule has 0 aliphatic carbocycles. The Kier molecular flexibility index (Phi) is 5.25. The first-order valence-electron chi connectivity index (χ1n) is 7.45. The molecule has 0 bridgehead atoms. The van der Waals surface area contributed by atoms with Gasteiger partial charge in [0.1, 0.15) is 0 Å². The predicted octanol–water partition coefficient (Wildman–Crippen LogP) is 3.03. The molecule has 3 N–H and O–H groups in total. The summed E-state index contributed by atoms with van der Waals surface area (Å²) in [6.07, 6.45) is 0. The van der Waals surface area contributed by atoms with E-state index in [1.807, 2.05) is 46.3 Å². The van der Waals surface area contributed by atoms with Crippen LogP contribution >= 0.6 is 23.4 Å². The summed E-state index contributed by atoms with van der Waals surface area (Å²) in [6.45, 7) is 0.610. The average Bonchev–Trinajstić information content (AvgIpc) is 2.90. The van der Waals surface area contributed by atoms with E-state index in [1.54, 1.807) is 12.1 Å². The molecule has 0 radical (unpaired) electrons. The topological polar surface area (TPSA) is 90.0 Å². The molecule has 3 aromatic rings. The quantitative estimate of drug-likeness (QED) is 0.671. The molecule has 0 aliphatic rings. The van der Waals surface area contributed by atoms with Crippen LogP contribution in [0.15, 0.2) is 53.7 Å². The fourth-order valence-electron chi connectivity index (χ4n) is 2.41. The standard InChI is InChI=1S/C17H15ClN4O2S/c18-12-6-7-14-13(8-12)20-17(25-10-15(23)21-16(19)24)22(14)9-11-4-2-1-3-5-11/h1-8H,9-10H2,(H3,19,21,23,24). The second kappa shape index (κ2) is 7.58. The van der Waals surface area contributed by atoms with Crippen molar-refractivity contribution < 1.29 is 9.59 Å². The van der Waals surface area contributed by atoms with Crippen molar-refractivity contribution in [2.45, 2.75) is 11.7 Å². The summed E-state index contributed by atoms with van der Waals surface area (Å²) < 4.78 is 2.02. The number of carbonyl (C=O) groups is 2. The SMILES string of the molecule is NC(=O)NC(=O)CSc1nc2cc(Cl)ccc2n1Cc1ccccc1. The van der Waals surface area contributed by atoms with Gasteiger partial charge in [0.25, 0.3) is 0 Å². The van der Waals surface area contributed by atoms with E-state index >= 15 is 0 Å². The summed E-state index contributed by atoms with van der Waals surface area (Å²) in [5.41, 5.74) is 7.74. The molecule has 0 saturated carbocycles. The molecular formula is C17H15ClN4O2S. The smallest absolute Gasteiger partial charge is 0.318 e. The number of imide groups is 1. The zero-order valence-corrected chi connectivity index (χ0v) is 14.7. The van der Waals surface area contributed by atoms with Crippen LogP contribution in [-0.4, -0.2) is 27.2 Å². The summed E-state index contributed by atoms with van der Waals surface area (Å²) in [5, 5.41) is 3.31. The summed E-state index contributed by atoms with van der Waals surface area (Å²) in [4.78, 5) is 27.0. The number of benzene rings is 2. The maximum absolute atomic E-state index is 11.7. The first kappa shape index (κ1) is 17.3. The van der Waals surface area contributed by atoms with Gasteiger partial charge in [-0.15, -0.1) is 0 Å². The van der Waals surface area contributed by atoms with Crippen molar-refractivity contribution in [1.29, 1.82) is 0 Å². The Morgan fingerprint density at radius 2 is 1.96 bits per heavy atom. The van der Waals surface area contributed by atoms with Crippen molar-refractivity contribution in [1.82, 2.24) is 14.9 Å². The Hall–Kier alpha value is -2.51. The maximum Gasteiger partial charge on any atom is 0.318 e. The van der Waals surface area contributed by atoms with E-state index < -0.39 is 11.9 Å². The lowest BCUT2D eigenvalue weighted by molar-refractivity contribution is -0.117. The summed E-state index contributed by atoms with van der Waals surface area (Å²) in [5.74, 6) is -0.428. The number of nitrogens with two attached hydrogens (primary N) is 1. The molecule has 1 aromatic heterocycles. The highest BCUT2D eigenvalue weighted by Gasteiger charge is 2.14. The van der Waals surface area contributed by atoms with Gasteiger partial charge in [0, 0.05) is 5.02 Å². The third kappa shape index (κ3) is 4.32. The molecule has 0 unspecified atom stereocenters. The lowest BCUT2D eigenvalue weighted by Gasteiger charge is -2.09. The Labute approximate surface area is 153 Å². The van der Waals surface area contributed by atoms with Crippen LogP contribution in [0.4, 0.5) is 4.79 Å². The summed E-state index contributed by atoms with van der Waals surface area (Å²) in [6, 6.07) is 14.6. The largest absolute Gasteiger partial charge is 0.351 e. The molecule has 8 heteroatoms. The number of nitrogens with zero attached hydrogens (tertiary/aromatic N) is 2. The van der Waals surface area contributed by atoms with Crippen LogP contribution in [0.1, 0.15) is 5.56 Å². The molecule has 0 aliphatic heterocycles. The number of aromatic nitrogens is 2. The fraction of sp³-hybridized carbons (Fsp3) is 0.118. The lowest BCUT2D eigenvalue weighted by Crippen LogP contribution is -2.36. The van der Waals surface area contributed by atoms with Crippen LogP contribution in [0, 0.1) is 0 Å². The number of primary amides is 1. The van der Waals surface area contributed by atoms with Crippen LogP contribution in [0.2, 0.25) is 5.02 Å². The number of thioether (sulfide) groups is 1. The second-order valence-corrected chi connectivity index (χ2v) is 6.68. The molecule has 0 saturated heterocycles. The molecule has 128 valence electrons. The molecule has 25 heavy (non-hydrogen) atoms. The first-order valence-corrected chi connectivity index (χ1v) is 8.81. The van der Waals surface area contributed by atoms with Crippen molar-refractivity contribution >= 4 is 46.3 Å². The number of hydrogen-bond donors (Lipinski definition) is 2. The number of hydrogen-bond acceptors (Lipinski definition) is 4. The first-order chi connectivity index (χ1) is 12.0. The fourth-order valence-corrected chi connectivity index (χ4v) is 3.39. The van der Waals surface area contributed by atoms with Gasteiger partial charge < -0.3 is 10.3 Å². The molecule has 0 atom stereocenters. The predicted molar refractivity (Wildman–Crippen MR) is 98.7 cm³/mol. The van der Waals surface area contributed by atoms with E-state index in [9.17, 15) is 9.59 Å². The number of urea groups is 1. The number of nitrogens with one attached hydrogen (secondary N) is 1. The molecule has 0 fully saturated rings. The Bertz CT molecular complexity index is 927. The monoisotopic (exact) mass is 374 g/mol. The number of amides is 3. The van der Waals surface area contributed by atoms with Crippen LogP contribution in [0.25, 0.3) is 11.0 Å². The van der Waals surface area contributed by atoms with Gasteiger partial charge in [0.05, 0.1) is 23.3 Å². The van der Waals surface area contributed by atoms with Crippen molar-refractivity contribution in [2.75, 3.05) is 5.75 Å². The average molecular weight is 375 g/mol. The van der Waals surface area contributed by atoms with Gasteiger partial charge in [-0.25, -0.2) is 9.78 Å². The number of halogens is 1. The lowest BCUT2D eigenvalue weighted by atomic mass is 10.2. The number of imidazole rings is 1. The molecular weight excluding hydrogens is 360 g/mol. The van der Waals surface area contributed by atoms with Gasteiger partial charge in [-0.2, -0.15) is 0 Å². The van der Waals surface area contributed by atoms with Crippen molar-refractivity contribution in [3.8, 4) is 0 Å². The third-order valence-corrected chi connectivity index (χ3v) is 4.67. The number of fused-ring (bicyclic) bond motifs is 1. The highest BCUT2D eigenvalue weighted by atomic mass is 35.5. The number of carbonyl (C=O) groups excluding carboxylic acids is 2. The van der Waals surface area contributed by atoms with Crippen LogP contribution in [0.5, 0.6) is 0 Å². The van der Waals surface area contributed by atoms with Gasteiger partial charge in [0.15, 0.2) is 5.16 Å². The molecule has 2 aromatic carbocycles. The summed E-state index contributed by atoms with van der Waals surface area (Å²) in [7, 11) is 0. The van der Waals surface area contributed by atoms with E-state index in [-0.39, 0.29) is 5.75 Å². The molecule has 1 heterocycles. The minimum atomic E-state index is -0.866. The van der Waals surface area contributed by atoms with Crippen molar-refractivity contribution in [3.05, 3.63) is 59.1 Å². The van der Waals surface area contributed by atoms with E-state index in [0.717, 1.165) is 16.6 Å². The molecule has 3 amide bonds. The molecule has 6 nitrogen and oxygen atoms in total. The minimum Gasteiger partial charge on any atom is -0.351 e. The third-order valence-electron chi connectivity index (χ3n) is 3.45. The van der Waals surface area contributed by atoms with E-state index in [1.165, 1.54) is 11.8 Å². The Morgan fingerprint density at radius 1 is 1.20 bits per heavy atom. The van der Waals surface area contributed by atoms with Crippen LogP contribution < -0.4 is 11.1 Å². The minimum absolute atomic E-state index is 0.0365. The highest BCUT2D eigenvalue weighted by Crippen LogP contribution is 2.27. The van der Waals surface area contributed by atoms with Gasteiger partial charge in [-0.1, -0.05) is 53.7 Å². The van der Waals surface area contributed by atoms with Gasteiger partial charge in [-0.3, -0.25) is 10.1 Å². The molecule has 0 spiro atoms. The van der Waals surface area contributed by atoms with Crippen molar-refractivity contribution in [2.24, 2.45) is 5.73 Å². The Morgan fingerprint density at radius 3 is 2.68 bits per heavy atom. The normalized spacial score (nSPS) is 10.8. The second-order valence-electron chi connectivity index (χ2n) is 5.30. The zero-order valence-electron chi connectivity index (χ0n) is 13.1. The van der Waals surface area contributed by atoms with E-state index in [4.69, 9.17) is 17.3 Å². The van der Waals surface area contributed by atoms with Gasteiger partial charge in [0.2, 0.25) is 5.91 Å². The zero-order chi connectivity index (χ0) is 17.8. The van der Waals surface area contributed by atoms with Gasteiger partial charge in [-0.05, 0) is 23.8 Å². The summed E-state index contributed by atoms with van der Waals surface area (Å²) >= 11 is 7.29. The maximum atomic E-state index is 11.7.